The highest BCUT2D eigenvalue weighted by Gasteiger charge is 2.15. The lowest BCUT2D eigenvalue weighted by Crippen LogP contribution is -1.91. The quantitative estimate of drug-likeness (QED) is 0.611. The Morgan fingerprint density at radius 3 is 1.14 bits per heavy atom. The second kappa shape index (κ2) is 5.91. The lowest BCUT2D eigenvalue weighted by atomic mass is 9.94. The van der Waals surface area contributed by atoms with Gasteiger partial charge in [-0.05, 0) is 47.5 Å². The Bertz CT molecular complexity index is 739. The van der Waals surface area contributed by atoms with Crippen LogP contribution in [0.25, 0.3) is 22.3 Å². The fraction of sp³-hybridized carbons (Fsp3) is 0. The van der Waals surface area contributed by atoms with Gasteiger partial charge in [0.1, 0.15) is 0 Å². The summed E-state index contributed by atoms with van der Waals surface area (Å²) in [5.74, 6) is 0. The third-order valence-electron chi connectivity index (χ3n) is 3.50. The molecule has 3 aromatic carbocycles. The minimum atomic E-state index is 0.640. The molecule has 4 N–H and O–H groups in total. The number of hydrogen-bond acceptors (Lipinski definition) is 2. The van der Waals surface area contributed by atoms with Crippen LogP contribution in [0.4, 0.5) is 11.4 Å². The maximum absolute atomic E-state index is 6.44. The molecular weight excluding hydrogens is 315 g/mol. The number of nitrogens with two attached hydrogens (primary N) is 2. The van der Waals surface area contributed by atoms with E-state index in [4.69, 9.17) is 34.7 Å². The molecule has 0 saturated heterocycles. The molecule has 0 radical (unpaired) electrons. The molecule has 0 saturated carbocycles. The number of hydrogen-bond donors (Lipinski definition) is 2. The van der Waals surface area contributed by atoms with Crippen molar-refractivity contribution >= 4 is 34.6 Å². The first-order valence-corrected chi connectivity index (χ1v) is 7.51. The summed E-state index contributed by atoms with van der Waals surface area (Å²) in [6.07, 6.45) is 0. The van der Waals surface area contributed by atoms with Crippen LogP contribution in [-0.4, -0.2) is 0 Å². The number of halogens is 2. The molecule has 22 heavy (non-hydrogen) atoms. The minimum absolute atomic E-state index is 0.640. The summed E-state index contributed by atoms with van der Waals surface area (Å²) in [5.41, 5.74) is 16.6. The van der Waals surface area contributed by atoms with Gasteiger partial charge in [0.2, 0.25) is 0 Å². The first-order valence-electron chi connectivity index (χ1n) is 6.76. The highest BCUT2D eigenvalue weighted by molar-refractivity contribution is 6.38. The third-order valence-corrected chi connectivity index (χ3v) is 4.13. The van der Waals surface area contributed by atoms with Crippen LogP contribution in [0.1, 0.15) is 0 Å². The van der Waals surface area contributed by atoms with Crippen LogP contribution in [0.3, 0.4) is 0 Å². The van der Waals surface area contributed by atoms with E-state index in [2.05, 4.69) is 0 Å². The number of benzene rings is 3. The molecule has 0 fully saturated rings. The lowest BCUT2D eigenvalue weighted by molar-refractivity contribution is 1.57. The van der Waals surface area contributed by atoms with Gasteiger partial charge in [0.25, 0.3) is 0 Å². The summed E-state index contributed by atoms with van der Waals surface area (Å²) in [5, 5.41) is 1.28. The molecule has 0 aliphatic carbocycles. The topological polar surface area (TPSA) is 52.0 Å². The van der Waals surface area contributed by atoms with Crippen LogP contribution in [0.5, 0.6) is 0 Å². The van der Waals surface area contributed by atoms with Crippen molar-refractivity contribution in [3.63, 3.8) is 0 Å². The Morgan fingerprint density at radius 1 is 0.500 bits per heavy atom. The van der Waals surface area contributed by atoms with Gasteiger partial charge in [0.15, 0.2) is 0 Å². The molecule has 0 heterocycles. The Labute approximate surface area is 139 Å². The molecule has 3 rings (SSSR count). The Balaban J connectivity index is 2.27. The highest BCUT2D eigenvalue weighted by Crippen LogP contribution is 2.42. The van der Waals surface area contributed by atoms with Crippen LogP contribution in [0.15, 0.2) is 60.7 Å². The predicted octanol–water partition coefficient (Wildman–Crippen LogP) is 5.49. The molecule has 0 unspecified atom stereocenters. The van der Waals surface area contributed by atoms with Gasteiger partial charge in [-0.1, -0.05) is 47.5 Å². The fourth-order valence-corrected chi connectivity index (χ4v) is 2.95. The average Bonchev–Trinajstić information content (AvgIpc) is 2.51. The monoisotopic (exact) mass is 328 g/mol. The zero-order valence-corrected chi connectivity index (χ0v) is 13.2. The van der Waals surface area contributed by atoms with Gasteiger partial charge in [-0.15, -0.1) is 0 Å². The van der Waals surface area contributed by atoms with E-state index in [0.717, 1.165) is 22.3 Å². The Hall–Kier alpha value is -2.16. The fourth-order valence-electron chi connectivity index (χ4n) is 2.42. The molecule has 2 nitrogen and oxygen atoms in total. The van der Waals surface area contributed by atoms with E-state index >= 15 is 0 Å². The van der Waals surface area contributed by atoms with E-state index in [1.165, 1.54) is 0 Å². The standard InChI is InChI=1S/C18H14Cl2N2/c19-15-9-10-16(20)18(12-3-7-14(22)8-4-12)17(15)11-1-5-13(21)6-2-11/h1-10H,21-22H2. The molecule has 0 bridgehead atoms. The van der Waals surface area contributed by atoms with Crippen molar-refractivity contribution in [1.82, 2.24) is 0 Å². The second-order valence-electron chi connectivity index (χ2n) is 5.02. The summed E-state index contributed by atoms with van der Waals surface area (Å²) in [6, 6.07) is 18.7. The Morgan fingerprint density at radius 2 is 0.818 bits per heavy atom. The minimum Gasteiger partial charge on any atom is -0.399 e. The van der Waals surface area contributed by atoms with E-state index in [-0.39, 0.29) is 0 Å². The third kappa shape index (κ3) is 2.76. The molecular formula is C18H14Cl2N2. The molecule has 110 valence electrons. The van der Waals surface area contributed by atoms with Gasteiger partial charge in [-0.2, -0.15) is 0 Å². The van der Waals surface area contributed by atoms with Gasteiger partial charge < -0.3 is 11.5 Å². The van der Waals surface area contributed by atoms with Crippen LogP contribution in [-0.2, 0) is 0 Å². The second-order valence-corrected chi connectivity index (χ2v) is 5.84. The summed E-state index contributed by atoms with van der Waals surface area (Å²) in [6.45, 7) is 0. The van der Waals surface area contributed by atoms with Gasteiger partial charge in [-0.3, -0.25) is 0 Å². The summed E-state index contributed by atoms with van der Waals surface area (Å²) in [4.78, 5) is 0. The van der Waals surface area contributed by atoms with Crippen LogP contribution >= 0.6 is 23.2 Å². The molecule has 0 amide bonds. The summed E-state index contributed by atoms with van der Waals surface area (Å²) >= 11 is 12.9. The Kier molecular flexibility index (Phi) is 3.97. The average molecular weight is 329 g/mol. The SMILES string of the molecule is Nc1ccc(-c2c(Cl)ccc(Cl)c2-c2ccc(N)cc2)cc1. The smallest absolute Gasteiger partial charge is 0.0491 e. The molecule has 0 aromatic heterocycles. The first-order chi connectivity index (χ1) is 10.6. The van der Waals surface area contributed by atoms with Crippen molar-refractivity contribution in [2.45, 2.75) is 0 Å². The van der Waals surface area contributed by atoms with Crippen molar-refractivity contribution in [2.75, 3.05) is 11.5 Å². The van der Waals surface area contributed by atoms with E-state index in [1.807, 2.05) is 48.5 Å². The van der Waals surface area contributed by atoms with Crippen molar-refractivity contribution in [1.29, 1.82) is 0 Å². The van der Waals surface area contributed by atoms with E-state index in [0.29, 0.717) is 21.4 Å². The van der Waals surface area contributed by atoms with E-state index in [9.17, 15) is 0 Å². The number of rotatable bonds is 2. The molecule has 0 atom stereocenters. The predicted molar refractivity (Wildman–Crippen MR) is 96.2 cm³/mol. The maximum atomic E-state index is 6.44. The van der Waals surface area contributed by atoms with Crippen molar-refractivity contribution < 1.29 is 0 Å². The van der Waals surface area contributed by atoms with Crippen LogP contribution in [0.2, 0.25) is 10.0 Å². The molecule has 3 aromatic rings. The summed E-state index contributed by atoms with van der Waals surface area (Å²) < 4.78 is 0. The lowest BCUT2D eigenvalue weighted by Gasteiger charge is -2.14. The van der Waals surface area contributed by atoms with Crippen molar-refractivity contribution in [3.8, 4) is 22.3 Å². The van der Waals surface area contributed by atoms with Crippen molar-refractivity contribution in [2.24, 2.45) is 0 Å². The number of nitrogen functional groups attached to an aromatic ring is 2. The molecule has 4 heteroatoms. The van der Waals surface area contributed by atoms with Crippen LogP contribution < -0.4 is 11.5 Å². The van der Waals surface area contributed by atoms with Gasteiger partial charge >= 0.3 is 0 Å². The van der Waals surface area contributed by atoms with Gasteiger partial charge in [0.05, 0.1) is 0 Å². The van der Waals surface area contributed by atoms with E-state index < -0.39 is 0 Å². The zero-order valence-electron chi connectivity index (χ0n) is 11.7. The molecule has 0 spiro atoms. The zero-order chi connectivity index (χ0) is 15.7. The normalized spacial score (nSPS) is 10.6. The largest absolute Gasteiger partial charge is 0.399 e. The molecule has 0 aliphatic heterocycles. The van der Waals surface area contributed by atoms with Crippen LogP contribution in [0, 0.1) is 0 Å². The van der Waals surface area contributed by atoms with E-state index in [1.54, 1.807) is 12.1 Å². The summed E-state index contributed by atoms with van der Waals surface area (Å²) in [7, 11) is 0. The van der Waals surface area contributed by atoms with Gasteiger partial charge in [0, 0.05) is 32.5 Å². The number of anilines is 2. The highest BCUT2D eigenvalue weighted by atomic mass is 35.5. The first kappa shape index (κ1) is 14.8. The maximum Gasteiger partial charge on any atom is 0.0491 e. The van der Waals surface area contributed by atoms with Crippen molar-refractivity contribution in [3.05, 3.63) is 70.7 Å². The molecule has 0 aliphatic rings. The van der Waals surface area contributed by atoms with Gasteiger partial charge in [-0.25, -0.2) is 0 Å².